The highest BCUT2D eigenvalue weighted by Crippen LogP contribution is 2.32. The molecule has 1 N–H and O–H groups in total. The third-order valence-corrected chi connectivity index (χ3v) is 3.86. The van der Waals surface area contributed by atoms with Crippen LogP contribution in [0.3, 0.4) is 0 Å². The number of benzene rings is 1. The number of carbonyl (C=O) groups is 1. The Morgan fingerprint density at radius 3 is 2.17 bits per heavy atom. The average Bonchev–Trinajstić information content (AvgIpc) is 2.52. The van der Waals surface area contributed by atoms with E-state index in [4.69, 9.17) is 0 Å². The van der Waals surface area contributed by atoms with Crippen molar-refractivity contribution < 1.29 is 22.4 Å². The highest BCUT2D eigenvalue weighted by atomic mass is 19.4. The maximum Gasteiger partial charge on any atom is 0.417 e. The molecule has 0 aliphatic heterocycles. The van der Waals surface area contributed by atoms with Gasteiger partial charge in [-0.3, -0.25) is 4.79 Å². The summed E-state index contributed by atoms with van der Waals surface area (Å²) in [6.45, 7) is 2.40. The first kappa shape index (κ1) is 20.5. The van der Waals surface area contributed by atoms with Crippen LogP contribution in [0.1, 0.15) is 74.2 Å². The quantitative estimate of drug-likeness (QED) is 0.426. The van der Waals surface area contributed by atoms with Gasteiger partial charge in [0.05, 0.1) is 11.1 Å². The standard InChI is InChI=1S/C18H25F4NO/c1-2-3-4-5-6-7-8-9-13-23-17(24)16-14(18(20,21)22)11-10-12-15(16)19/h10-12H,2-9,13H2,1H3,(H,23,24). The second-order valence-electron chi connectivity index (χ2n) is 5.89. The van der Waals surface area contributed by atoms with E-state index < -0.39 is 29.0 Å². The van der Waals surface area contributed by atoms with Gasteiger partial charge in [-0.05, 0) is 18.6 Å². The molecule has 1 rings (SSSR count). The first-order valence-corrected chi connectivity index (χ1v) is 8.51. The summed E-state index contributed by atoms with van der Waals surface area (Å²) in [5.74, 6) is -2.17. The lowest BCUT2D eigenvalue weighted by atomic mass is 10.1. The molecule has 24 heavy (non-hydrogen) atoms. The minimum absolute atomic E-state index is 0.249. The van der Waals surface area contributed by atoms with Gasteiger partial charge in [-0.2, -0.15) is 13.2 Å². The van der Waals surface area contributed by atoms with E-state index >= 15 is 0 Å². The fourth-order valence-electron chi connectivity index (χ4n) is 2.54. The molecule has 0 aromatic heterocycles. The topological polar surface area (TPSA) is 29.1 Å². The Morgan fingerprint density at radius 2 is 1.58 bits per heavy atom. The van der Waals surface area contributed by atoms with E-state index in [0.29, 0.717) is 12.5 Å². The van der Waals surface area contributed by atoms with Crippen molar-refractivity contribution in [2.45, 2.75) is 64.5 Å². The molecular weight excluding hydrogens is 322 g/mol. The lowest BCUT2D eigenvalue weighted by molar-refractivity contribution is -0.138. The van der Waals surface area contributed by atoms with Crippen LogP contribution in [0.4, 0.5) is 17.6 Å². The van der Waals surface area contributed by atoms with Crippen LogP contribution in [0.15, 0.2) is 18.2 Å². The minimum Gasteiger partial charge on any atom is -0.352 e. The van der Waals surface area contributed by atoms with E-state index in [9.17, 15) is 22.4 Å². The first-order valence-electron chi connectivity index (χ1n) is 8.51. The van der Waals surface area contributed by atoms with E-state index in [1.165, 1.54) is 25.7 Å². The lowest BCUT2D eigenvalue weighted by Gasteiger charge is -2.13. The normalized spacial score (nSPS) is 11.5. The van der Waals surface area contributed by atoms with Crippen LogP contribution in [0.5, 0.6) is 0 Å². The Bertz CT molecular complexity index is 514. The van der Waals surface area contributed by atoms with Crippen molar-refractivity contribution >= 4 is 5.91 Å². The molecule has 0 fully saturated rings. The smallest absolute Gasteiger partial charge is 0.352 e. The average molecular weight is 347 g/mol. The predicted octanol–water partition coefficient (Wildman–Crippen LogP) is 5.72. The second kappa shape index (κ2) is 10.3. The van der Waals surface area contributed by atoms with E-state index in [1.807, 2.05) is 0 Å². The number of halogens is 4. The van der Waals surface area contributed by atoms with Crippen LogP contribution in [-0.4, -0.2) is 12.5 Å². The van der Waals surface area contributed by atoms with Gasteiger partial charge < -0.3 is 5.32 Å². The van der Waals surface area contributed by atoms with Gasteiger partial charge in [-0.25, -0.2) is 4.39 Å². The van der Waals surface area contributed by atoms with Crippen LogP contribution in [0.2, 0.25) is 0 Å². The Hall–Kier alpha value is -1.59. The van der Waals surface area contributed by atoms with Gasteiger partial charge in [-0.1, -0.05) is 57.9 Å². The Labute approximate surface area is 140 Å². The van der Waals surface area contributed by atoms with Gasteiger partial charge in [0.1, 0.15) is 5.82 Å². The molecule has 1 aromatic rings. The molecule has 0 radical (unpaired) electrons. The summed E-state index contributed by atoms with van der Waals surface area (Å²) in [6, 6.07) is 2.53. The van der Waals surface area contributed by atoms with Crippen molar-refractivity contribution in [2.75, 3.05) is 6.54 Å². The number of unbranched alkanes of at least 4 members (excludes halogenated alkanes) is 7. The van der Waals surface area contributed by atoms with Crippen molar-refractivity contribution in [2.24, 2.45) is 0 Å². The first-order chi connectivity index (χ1) is 11.4. The number of hydrogen-bond donors (Lipinski definition) is 1. The van der Waals surface area contributed by atoms with E-state index in [1.54, 1.807) is 0 Å². The summed E-state index contributed by atoms with van der Waals surface area (Å²) in [4.78, 5) is 11.9. The van der Waals surface area contributed by atoms with Crippen molar-refractivity contribution in [3.63, 3.8) is 0 Å². The summed E-state index contributed by atoms with van der Waals surface area (Å²) in [6.07, 6.45) is 3.82. The summed E-state index contributed by atoms with van der Waals surface area (Å²) in [5, 5.41) is 2.38. The number of carbonyl (C=O) groups excluding carboxylic acids is 1. The largest absolute Gasteiger partial charge is 0.417 e. The summed E-state index contributed by atoms with van der Waals surface area (Å²) < 4.78 is 52.2. The molecule has 0 saturated heterocycles. The van der Waals surface area contributed by atoms with E-state index in [0.717, 1.165) is 31.4 Å². The lowest BCUT2D eigenvalue weighted by Crippen LogP contribution is -2.28. The molecule has 2 nitrogen and oxygen atoms in total. The molecular formula is C18H25F4NO. The number of nitrogens with one attached hydrogen (secondary N) is 1. The van der Waals surface area contributed by atoms with Crippen molar-refractivity contribution in [3.8, 4) is 0 Å². The summed E-state index contributed by atoms with van der Waals surface area (Å²) in [5.41, 5.74) is -2.17. The van der Waals surface area contributed by atoms with E-state index in [-0.39, 0.29) is 6.54 Å². The second-order valence-corrected chi connectivity index (χ2v) is 5.89. The van der Waals surface area contributed by atoms with Crippen molar-refractivity contribution in [3.05, 3.63) is 35.1 Å². The number of alkyl halides is 3. The molecule has 1 aromatic carbocycles. The molecule has 0 aliphatic rings. The third kappa shape index (κ3) is 6.89. The predicted molar refractivity (Wildman–Crippen MR) is 86.3 cm³/mol. The number of amides is 1. The summed E-state index contributed by atoms with van der Waals surface area (Å²) in [7, 11) is 0. The molecule has 0 saturated carbocycles. The zero-order valence-corrected chi connectivity index (χ0v) is 14.0. The zero-order valence-electron chi connectivity index (χ0n) is 14.0. The monoisotopic (exact) mass is 347 g/mol. The van der Waals surface area contributed by atoms with Crippen LogP contribution in [0, 0.1) is 5.82 Å². The van der Waals surface area contributed by atoms with Gasteiger partial charge in [0, 0.05) is 6.54 Å². The van der Waals surface area contributed by atoms with Gasteiger partial charge in [-0.15, -0.1) is 0 Å². The molecule has 1 amide bonds. The fraction of sp³-hybridized carbons (Fsp3) is 0.611. The Balaban J connectivity index is 2.39. The molecule has 136 valence electrons. The number of hydrogen-bond acceptors (Lipinski definition) is 1. The molecule has 0 aliphatic carbocycles. The van der Waals surface area contributed by atoms with E-state index in [2.05, 4.69) is 12.2 Å². The van der Waals surface area contributed by atoms with Crippen molar-refractivity contribution in [1.29, 1.82) is 0 Å². The maximum absolute atomic E-state index is 13.6. The van der Waals surface area contributed by atoms with Crippen LogP contribution in [-0.2, 0) is 6.18 Å². The third-order valence-electron chi connectivity index (χ3n) is 3.86. The highest BCUT2D eigenvalue weighted by Gasteiger charge is 2.36. The highest BCUT2D eigenvalue weighted by molar-refractivity contribution is 5.96. The van der Waals surface area contributed by atoms with Gasteiger partial charge >= 0.3 is 6.18 Å². The Kier molecular flexibility index (Phi) is 8.79. The molecule has 0 unspecified atom stereocenters. The Morgan fingerprint density at radius 1 is 1.00 bits per heavy atom. The maximum atomic E-state index is 13.6. The van der Waals surface area contributed by atoms with Crippen molar-refractivity contribution in [1.82, 2.24) is 5.32 Å². The molecule has 0 bridgehead atoms. The van der Waals surface area contributed by atoms with Gasteiger partial charge in [0.25, 0.3) is 5.91 Å². The van der Waals surface area contributed by atoms with Gasteiger partial charge in [0.2, 0.25) is 0 Å². The molecule has 0 atom stereocenters. The molecule has 6 heteroatoms. The zero-order chi connectivity index (χ0) is 18.0. The number of rotatable bonds is 10. The molecule has 0 heterocycles. The van der Waals surface area contributed by atoms with Crippen LogP contribution < -0.4 is 5.32 Å². The van der Waals surface area contributed by atoms with Gasteiger partial charge in [0.15, 0.2) is 0 Å². The SMILES string of the molecule is CCCCCCCCCCNC(=O)c1c(F)cccc1C(F)(F)F. The summed E-state index contributed by atoms with van der Waals surface area (Å²) >= 11 is 0. The fourth-order valence-corrected chi connectivity index (χ4v) is 2.54. The molecule has 0 spiro atoms. The van der Waals surface area contributed by atoms with Crippen LogP contribution >= 0.6 is 0 Å². The van der Waals surface area contributed by atoms with Crippen LogP contribution in [0.25, 0.3) is 0 Å². The minimum atomic E-state index is -4.76.